The molecule has 0 aliphatic heterocycles. The third-order valence-electron chi connectivity index (χ3n) is 19.2. The molecule has 446 valence electrons. The Balaban J connectivity index is 0.000000149. The summed E-state index contributed by atoms with van der Waals surface area (Å²) in [5, 5.41) is 2.64. The molecule has 2 aliphatic rings. The molecule has 5 heteroatoms. The molecule has 17 rings (SSSR count). The molecule has 0 spiro atoms. The zero-order valence-electron chi connectivity index (χ0n) is 52.8. The van der Waals surface area contributed by atoms with Gasteiger partial charge in [-0.3, -0.25) is 9.97 Å². The van der Waals surface area contributed by atoms with E-state index in [1.165, 1.54) is 94.2 Å². The molecule has 0 unspecified atom stereocenters. The molecule has 4 aromatic heterocycles. The number of benzene rings is 11. The van der Waals surface area contributed by atoms with E-state index in [4.69, 9.17) is 15.0 Å². The molecule has 0 bridgehead atoms. The first-order valence-corrected chi connectivity index (χ1v) is 32.2. The van der Waals surface area contributed by atoms with Gasteiger partial charge >= 0.3 is 0 Å². The Bertz CT molecular complexity index is 5300. The molecular formula is C89H65N5. The smallest absolute Gasteiger partial charge is 0.160 e. The van der Waals surface area contributed by atoms with E-state index in [0.717, 1.165) is 67.3 Å². The summed E-state index contributed by atoms with van der Waals surface area (Å²) in [4.78, 5) is 24.0. The van der Waals surface area contributed by atoms with Crippen molar-refractivity contribution in [3.63, 3.8) is 0 Å². The summed E-state index contributed by atoms with van der Waals surface area (Å²) in [7, 11) is 0. The molecule has 0 radical (unpaired) electrons. The van der Waals surface area contributed by atoms with E-state index in [1.54, 1.807) is 6.20 Å². The van der Waals surface area contributed by atoms with Crippen molar-refractivity contribution in [2.45, 2.75) is 38.5 Å². The summed E-state index contributed by atoms with van der Waals surface area (Å²) in [6.45, 7) is 9.37. The van der Waals surface area contributed by atoms with Crippen molar-refractivity contribution in [2.24, 2.45) is 0 Å². The van der Waals surface area contributed by atoms with E-state index in [1.807, 2.05) is 48.9 Å². The summed E-state index contributed by atoms with van der Waals surface area (Å²) in [5.41, 5.74) is 31.3. The van der Waals surface area contributed by atoms with Gasteiger partial charge in [-0.1, -0.05) is 276 Å². The average Bonchev–Trinajstić information content (AvgIpc) is 1.58. The normalized spacial score (nSPS) is 12.9. The van der Waals surface area contributed by atoms with E-state index in [-0.39, 0.29) is 10.8 Å². The van der Waals surface area contributed by atoms with Gasteiger partial charge in [0.15, 0.2) is 5.82 Å². The zero-order chi connectivity index (χ0) is 63.3. The van der Waals surface area contributed by atoms with Gasteiger partial charge in [-0.25, -0.2) is 15.0 Å². The molecule has 94 heavy (non-hydrogen) atoms. The summed E-state index contributed by atoms with van der Waals surface area (Å²) >= 11 is 0. The molecule has 15 aromatic rings. The van der Waals surface area contributed by atoms with E-state index >= 15 is 0 Å². The molecule has 2 aliphatic carbocycles. The number of aromatic nitrogens is 5. The standard InChI is InChI=1S/C46H33N3.C43H32N2/c1-46(2)41-27-36(23-24-39(41)40-25-22-33-11-6-7-13-38(33)44(40)46)32-14-18-34(19-15-32)42-28-43(37-12-8-26-47-29-37)49-45(48-42)35-20-16-31(17-21-35)30-9-4-3-5-10-30;1-43(2)39-13-7-6-12-37(39)38-25-34(22-23-40(38)43)31-16-20-33(21-17-31)42-27-36(35-11-8-24-44-28-35)26-41(45-42)32-18-14-30(15-19-32)29-9-4-3-5-10-29/h3-29H,1-2H3;3-28H,1-2H3. The first-order chi connectivity index (χ1) is 46.1. The molecule has 4 heterocycles. The second-order valence-corrected chi connectivity index (χ2v) is 25.6. The van der Waals surface area contributed by atoms with Crippen molar-refractivity contribution < 1.29 is 0 Å². The van der Waals surface area contributed by atoms with Crippen LogP contribution >= 0.6 is 0 Å². The van der Waals surface area contributed by atoms with Crippen LogP contribution in [-0.2, 0) is 10.8 Å². The van der Waals surface area contributed by atoms with Crippen LogP contribution < -0.4 is 0 Å². The fourth-order valence-electron chi connectivity index (χ4n) is 14.2. The lowest BCUT2D eigenvalue weighted by molar-refractivity contribution is 0.660. The summed E-state index contributed by atoms with van der Waals surface area (Å²) in [5.74, 6) is 0.688. The number of pyridine rings is 3. The van der Waals surface area contributed by atoms with Gasteiger partial charge in [-0.2, -0.15) is 0 Å². The average molecular weight is 1200 g/mol. The van der Waals surface area contributed by atoms with Crippen molar-refractivity contribution in [1.82, 2.24) is 24.9 Å². The van der Waals surface area contributed by atoms with Crippen LogP contribution in [-0.4, -0.2) is 24.9 Å². The summed E-state index contributed by atoms with van der Waals surface area (Å²) in [6.07, 6.45) is 7.37. The van der Waals surface area contributed by atoms with Crippen LogP contribution in [0.15, 0.2) is 322 Å². The second kappa shape index (κ2) is 23.8. The molecule has 0 fully saturated rings. The molecule has 11 aromatic carbocycles. The van der Waals surface area contributed by atoms with Gasteiger partial charge in [0.25, 0.3) is 0 Å². The Morgan fingerprint density at radius 2 is 0.660 bits per heavy atom. The van der Waals surface area contributed by atoms with Gasteiger partial charge in [0.05, 0.1) is 22.8 Å². The topological polar surface area (TPSA) is 64.5 Å². The third-order valence-corrected chi connectivity index (χ3v) is 19.2. The van der Waals surface area contributed by atoms with Gasteiger partial charge in [0, 0.05) is 69.0 Å². The monoisotopic (exact) mass is 1200 g/mol. The number of hydrogen-bond acceptors (Lipinski definition) is 5. The Labute approximate surface area is 549 Å². The number of hydrogen-bond donors (Lipinski definition) is 0. The minimum atomic E-state index is -0.0964. The van der Waals surface area contributed by atoms with Crippen LogP contribution in [0.3, 0.4) is 0 Å². The predicted molar refractivity (Wildman–Crippen MR) is 389 cm³/mol. The number of fused-ring (bicyclic) bond motifs is 8. The van der Waals surface area contributed by atoms with E-state index < -0.39 is 0 Å². The van der Waals surface area contributed by atoms with Crippen molar-refractivity contribution in [3.05, 3.63) is 344 Å². The molecular weight excluding hydrogens is 1140 g/mol. The fraction of sp³-hybridized carbons (Fsp3) is 0.0674. The number of nitrogens with zero attached hydrogens (tertiary/aromatic N) is 5. The van der Waals surface area contributed by atoms with Gasteiger partial charge in [0.2, 0.25) is 0 Å². The Hall–Kier alpha value is -11.8. The van der Waals surface area contributed by atoms with Crippen molar-refractivity contribution in [2.75, 3.05) is 0 Å². The molecule has 0 atom stereocenters. The first kappa shape index (κ1) is 57.4. The van der Waals surface area contributed by atoms with Gasteiger partial charge in [0.1, 0.15) is 0 Å². The lowest BCUT2D eigenvalue weighted by Crippen LogP contribution is -2.15. The van der Waals surface area contributed by atoms with E-state index in [9.17, 15) is 0 Å². The predicted octanol–water partition coefficient (Wildman–Crippen LogP) is 22.8. The maximum Gasteiger partial charge on any atom is 0.160 e. The van der Waals surface area contributed by atoms with Gasteiger partial charge in [-0.05, 0) is 154 Å². The first-order valence-electron chi connectivity index (χ1n) is 32.2. The Morgan fingerprint density at radius 3 is 1.26 bits per heavy atom. The lowest BCUT2D eigenvalue weighted by atomic mass is 9.79. The summed E-state index contributed by atoms with van der Waals surface area (Å²) < 4.78 is 0. The zero-order valence-corrected chi connectivity index (χ0v) is 52.8. The van der Waals surface area contributed by atoms with Crippen molar-refractivity contribution in [3.8, 4) is 134 Å². The highest BCUT2D eigenvalue weighted by Gasteiger charge is 2.38. The van der Waals surface area contributed by atoms with Crippen LogP contribution in [0.1, 0.15) is 49.9 Å². The quantitative estimate of drug-likeness (QED) is 0.137. The maximum atomic E-state index is 5.17. The third kappa shape index (κ3) is 10.7. The molecule has 0 saturated heterocycles. The summed E-state index contributed by atoms with van der Waals surface area (Å²) in [6, 6.07) is 106. The maximum absolute atomic E-state index is 5.17. The molecule has 0 N–H and O–H groups in total. The largest absolute Gasteiger partial charge is 0.264 e. The van der Waals surface area contributed by atoms with E-state index in [2.05, 4.69) is 305 Å². The minimum absolute atomic E-state index is 0.0127. The van der Waals surface area contributed by atoms with E-state index in [0.29, 0.717) is 5.82 Å². The minimum Gasteiger partial charge on any atom is -0.264 e. The SMILES string of the molecule is CC1(C)c2cc(-c3ccc(-c4cc(-c5cccnc5)nc(-c5ccc(-c6ccccc6)cc5)n4)cc3)ccc2-c2ccc3ccccc3c21.CC1(C)c2ccccc2-c2cc(-c3ccc(-c4cc(-c5cccnc5)cc(-c5ccc(-c6ccccc6)cc5)n4)cc3)ccc21. The lowest BCUT2D eigenvalue weighted by Gasteiger charge is -2.23. The van der Waals surface area contributed by atoms with Crippen molar-refractivity contribution in [1.29, 1.82) is 0 Å². The van der Waals surface area contributed by atoms with Crippen LogP contribution in [0.25, 0.3) is 145 Å². The number of rotatable bonds is 10. The van der Waals surface area contributed by atoms with Crippen LogP contribution in [0, 0.1) is 0 Å². The van der Waals surface area contributed by atoms with Crippen LogP contribution in [0.4, 0.5) is 0 Å². The highest BCUT2D eigenvalue weighted by Crippen LogP contribution is 2.53. The van der Waals surface area contributed by atoms with Crippen LogP contribution in [0.5, 0.6) is 0 Å². The van der Waals surface area contributed by atoms with Gasteiger partial charge < -0.3 is 0 Å². The molecule has 0 amide bonds. The highest BCUT2D eigenvalue weighted by atomic mass is 14.9. The molecule has 0 saturated carbocycles. The fourth-order valence-corrected chi connectivity index (χ4v) is 14.2. The van der Waals surface area contributed by atoms with Crippen molar-refractivity contribution >= 4 is 10.8 Å². The van der Waals surface area contributed by atoms with Gasteiger partial charge in [-0.15, -0.1) is 0 Å². The Kier molecular flexibility index (Phi) is 14.5. The Morgan fingerprint density at radius 1 is 0.234 bits per heavy atom. The van der Waals surface area contributed by atoms with Crippen LogP contribution in [0.2, 0.25) is 0 Å². The highest BCUT2D eigenvalue weighted by molar-refractivity contribution is 5.98. The second-order valence-electron chi connectivity index (χ2n) is 25.6. The molecule has 5 nitrogen and oxygen atoms in total.